The van der Waals surface area contributed by atoms with E-state index in [-0.39, 0.29) is 11.5 Å². The van der Waals surface area contributed by atoms with E-state index < -0.39 is 6.04 Å². The molecule has 1 heterocycles. The van der Waals surface area contributed by atoms with E-state index in [1.807, 2.05) is 96.8 Å². The van der Waals surface area contributed by atoms with Crippen LogP contribution in [0.2, 0.25) is 0 Å². The van der Waals surface area contributed by atoms with Gasteiger partial charge in [0.2, 0.25) is 0 Å². The standard InChI is InChI=1S/C33H33N3O4/c1-4-30(35(20-9-21-39-2)32(37)25-15-14-23-10-5-6-11-24(23)22-25)31-34-29-13-8-7-12-28(29)33(38)36(31)26-16-18-27(40-3)19-17-26/h5-8,10-19,22,30H,4,9,20-21H2,1-3H3. The van der Waals surface area contributed by atoms with Gasteiger partial charge < -0.3 is 14.4 Å². The maximum atomic E-state index is 14.2. The van der Waals surface area contributed by atoms with E-state index in [9.17, 15) is 9.59 Å². The number of ether oxygens (including phenoxy) is 2. The van der Waals surface area contributed by atoms with Crippen LogP contribution in [0.4, 0.5) is 0 Å². The van der Waals surface area contributed by atoms with Crippen molar-refractivity contribution in [2.45, 2.75) is 25.8 Å². The lowest BCUT2D eigenvalue weighted by Crippen LogP contribution is -2.39. The molecule has 40 heavy (non-hydrogen) atoms. The van der Waals surface area contributed by atoms with Crippen molar-refractivity contribution in [1.29, 1.82) is 0 Å². The molecule has 204 valence electrons. The van der Waals surface area contributed by atoms with Crippen molar-refractivity contribution in [3.63, 3.8) is 0 Å². The summed E-state index contributed by atoms with van der Waals surface area (Å²) in [6, 6.07) is 27.9. The van der Waals surface area contributed by atoms with Gasteiger partial charge in [0.1, 0.15) is 11.6 Å². The van der Waals surface area contributed by atoms with Crippen LogP contribution in [-0.4, -0.2) is 47.7 Å². The SMILES string of the molecule is CCC(c1nc2ccccc2c(=O)n1-c1ccc(OC)cc1)N(CCCOC)C(=O)c1ccc2ccccc2c1. The third kappa shape index (κ3) is 5.33. The first kappa shape index (κ1) is 27.1. The summed E-state index contributed by atoms with van der Waals surface area (Å²) in [6.45, 7) is 2.97. The summed E-state index contributed by atoms with van der Waals surface area (Å²) < 4.78 is 12.3. The maximum Gasteiger partial charge on any atom is 0.266 e. The average Bonchev–Trinajstić information content (AvgIpc) is 3.00. The van der Waals surface area contributed by atoms with Crippen LogP contribution in [0.3, 0.4) is 0 Å². The number of carbonyl (C=O) groups excluding carboxylic acids is 1. The highest BCUT2D eigenvalue weighted by Crippen LogP contribution is 2.29. The molecule has 5 rings (SSSR count). The molecular weight excluding hydrogens is 502 g/mol. The number of fused-ring (bicyclic) bond motifs is 2. The molecule has 5 aromatic rings. The zero-order valence-corrected chi connectivity index (χ0v) is 23.0. The predicted octanol–water partition coefficient (Wildman–Crippen LogP) is 6.18. The smallest absolute Gasteiger partial charge is 0.266 e. The molecule has 1 aromatic heterocycles. The van der Waals surface area contributed by atoms with Gasteiger partial charge in [-0.25, -0.2) is 4.98 Å². The van der Waals surface area contributed by atoms with Crippen molar-refractivity contribution in [3.8, 4) is 11.4 Å². The Morgan fingerprint density at radius 1 is 0.925 bits per heavy atom. The van der Waals surface area contributed by atoms with Gasteiger partial charge in [-0.05, 0) is 72.1 Å². The van der Waals surface area contributed by atoms with E-state index in [1.54, 1.807) is 24.9 Å². The Morgan fingerprint density at radius 3 is 2.38 bits per heavy atom. The van der Waals surface area contributed by atoms with Gasteiger partial charge in [-0.1, -0.05) is 49.4 Å². The largest absolute Gasteiger partial charge is 0.497 e. The molecule has 0 radical (unpaired) electrons. The molecule has 0 saturated heterocycles. The molecule has 0 aliphatic rings. The summed E-state index contributed by atoms with van der Waals surface area (Å²) in [6.07, 6.45) is 1.21. The Hall–Kier alpha value is -4.49. The molecule has 0 aliphatic carbocycles. The zero-order valence-electron chi connectivity index (χ0n) is 23.0. The van der Waals surface area contributed by atoms with Gasteiger partial charge in [0, 0.05) is 25.8 Å². The normalized spacial score (nSPS) is 12.0. The van der Waals surface area contributed by atoms with Crippen molar-refractivity contribution in [2.24, 2.45) is 0 Å². The fourth-order valence-corrected chi connectivity index (χ4v) is 5.16. The molecule has 0 bridgehead atoms. The van der Waals surface area contributed by atoms with Gasteiger partial charge in [-0.15, -0.1) is 0 Å². The molecular formula is C33H33N3O4. The van der Waals surface area contributed by atoms with Gasteiger partial charge in [0.05, 0.1) is 29.7 Å². The fraction of sp³-hybridized carbons (Fsp3) is 0.242. The Kier molecular flexibility index (Phi) is 8.22. The number of carbonyl (C=O) groups is 1. The third-order valence-corrected chi connectivity index (χ3v) is 7.20. The molecule has 0 fully saturated rings. The first-order chi connectivity index (χ1) is 19.5. The van der Waals surface area contributed by atoms with Gasteiger partial charge in [0.15, 0.2) is 0 Å². The molecule has 0 N–H and O–H groups in total. The Balaban J connectivity index is 1.67. The van der Waals surface area contributed by atoms with Crippen LogP contribution in [0.25, 0.3) is 27.4 Å². The molecule has 1 atom stereocenters. The Bertz CT molecular complexity index is 1690. The average molecular weight is 536 g/mol. The van der Waals surface area contributed by atoms with E-state index in [1.165, 1.54) is 0 Å². The minimum absolute atomic E-state index is 0.114. The molecule has 4 aromatic carbocycles. The lowest BCUT2D eigenvalue weighted by atomic mass is 10.0. The Morgan fingerprint density at radius 2 is 1.65 bits per heavy atom. The lowest BCUT2D eigenvalue weighted by molar-refractivity contribution is 0.0634. The molecule has 1 amide bonds. The quantitative estimate of drug-likeness (QED) is 0.200. The van der Waals surface area contributed by atoms with Crippen molar-refractivity contribution in [2.75, 3.05) is 27.4 Å². The summed E-state index contributed by atoms with van der Waals surface area (Å²) in [5.74, 6) is 1.09. The van der Waals surface area contributed by atoms with Crippen LogP contribution >= 0.6 is 0 Å². The topological polar surface area (TPSA) is 73.7 Å². The van der Waals surface area contributed by atoms with Gasteiger partial charge in [-0.2, -0.15) is 0 Å². The monoisotopic (exact) mass is 535 g/mol. The van der Waals surface area contributed by atoms with E-state index in [0.29, 0.717) is 59.7 Å². The van der Waals surface area contributed by atoms with Crippen molar-refractivity contribution in [1.82, 2.24) is 14.5 Å². The van der Waals surface area contributed by atoms with Crippen LogP contribution in [0.1, 0.15) is 42.0 Å². The number of para-hydroxylation sites is 1. The van der Waals surface area contributed by atoms with Gasteiger partial charge >= 0.3 is 0 Å². The second-order valence-corrected chi connectivity index (χ2v) is 9.66. The number of aromatic nitrogens is 2. The highest BCUT2D eigenvalue weighted by molar-refractivity contribution is 5.98. The number of rotatable bonds is 10. The van der Waals surface area contributed by atoms with E-state index in [4.69, 9.17) is 14.5 Å². The molecule has 7 heteroatoms. The highest BCUT2D eigenvalue weighted by Gasteiger charge is 2.29. The Labute approximate surface area is 233 Å². The third-order valence-electron chi connectivity index (χ3n) is 7.20. The number of hydrogen-bond donors (Lipinski definition) is 0. The number of amides is 1. The van der Waals surface area contributed by atoms with Crippen LogP contribution in [-0.2, 0) is 4.74 Å². The van der Waals surface area contributed by atoms with Crippen LogP contribution in [0.5, 0.6) is 5.75 Å². The summed E-state index contributed by atoms with van der Waals surface area (Å²) in [7, 11) is 3.26. The summed E-state index contributed by atoms with van der Waals surface area (Å²) in [4.78, 5) is 35.0. The van der Waals surface area contributed by atoms with Crippen LogP contribution in [0, 0.1) is 0 Å². The zero-order chi connectivity index (χ0) is 28.1. The molecule has 1 unspecified atom stereocenters. The number of benzene rings is 4. The molecule has 0 saturated carbocycles. The fourth-order valence-electron chi connectivity index (χ4n) is 5.16. The van der Waals surface area contributed by atoms with Gasteiger partial charge in [0.25, 0.3) is 11.5 Å². The predicted molar refractivity (Wildman–Crippen MR) is 158 cm³/mol. The maximum absolute atomic E-state index is 14.2. The number of nitrogens with zero attached hydrogens (tertiary/aromatic N) is 3. The second-order valence-electron chi connectivity index (χ2n) is 9.66. The minimum Gasteiger partial charge on any atom is -0.497 e. The molecule has 7 nitrogen and oxygen atoms in total. The van der Waals surface area contributed by atoms with Crippen molar-refractivity contribution in [3.05, 3.63) is 113 Å². The van der Waals surface area contributed by atoms with E-state index in [2.05, 4.69) is 0 Å². The van der Waals surface area contributed by atoms with Crippen molar-refractivity contribution >= 4 is 27.6 Å². The number of methoxy groups -OCH3 is 2. The second kappa shape index (κ2) is 12.1. The lowest BCUT2D eigenvalue weighted by Gasteiger charge is -2.32. The van der Waals surface area contributed by atoms with Gasteiger partial charge in [-0.3, -0.25) is 14.2 Å². The van der Waals surface area contributed by atoms with Crippen molar-refractivity contribution < 1.29 is 14.3 Å². The van der Waals surface area contributed by atoms with E-state index in [0.717, 1.165) is 10.8 Å². The first-order valence-electron chi connectivity index (χ1n) is 13.5. The van der Waals surface area contributed by atoms with E-state index >= 15 is 0 Å². The summed E-state index contributed by atoms with van der Waals surface area (Å²) in [5.41, 5.74) is 1.67. The van der Waals surface area contributed by atoms with Crippen LogP contribution < -0.4 is 10.3 Å². The summed E-state index contributed by atoms with van der Waals surface area (Å²) >= 11 is 0. The first-order valence-corrected chi connectivity index (χ1v) is 13.5. The minimum atomic E-state index is -0.463. The molecule has 0 spiro atoms. The number of hydrogen-bond acceptors (Lipinski definition) is 5. The highest BCUT2D eigenvalue weighted by atomic mass is 16.5. The molecule has 0 aliphatic heterocycles. The summed E-state index contributed by atoms with van der Waals surface area (Å²) in [5, 5.41) is 2.59. The van der Waals surface area contributed by atoms with Crippen LogP contribution in [0.15, 0.2) is 95.8 Å².